The maximum Gasteiger partial charge on any atom is 0.302 e. The molecule has 0 aliphatic heterocycles. The van der Waals surface area contributed by atoms with E-state index in [9.17, 15) is 4.79 Å². The van der Waals surface area contributed by atoms with Crippen molar-refractivity contribution in [1.29, 1.82) is 0 Å². The normalized spacial score (nSPS) is 19.1. The number of ether oxygens (including phenoxy) is 3. The SMILES string of the molecule is COCO[C@H]1[C@@H](Nc2nc(-c3cccc(-c4cnn(C)c4)c3)ncc2-c2cnn(C)c2)CCC[C@@H]1OC(C)=O. The summed E-state index contributed by atoms with van der Waals surface area (Å²) in [5.41, 5.74) is 4.62. The molecule has 1 N–H and O–H groups in total. The van der Waals surface area contributed by atoms with Gasteiger partial charge < -0.3 is 19.5 Å². The van der Waals surface area contributed by atoms with Crippen LogP contribution in [0.5, 0.6) is 0 Å². The lowest BCUT2D eigenvalue weighted by molar-refractivity contribution is -0.169. The van der Waals surface area contributed by atoms with Crippen LogP contribution >= 0.6 is 0 Å². The van der Waals surface area contributed by atoms with Crippen molar-refractivity contribution in [2.24, 2.45) is 14.1 Å². The van der Waals surface area contributed by atoms with E-state index in [-0.39, 0.29) is 24.9 Å². The molecule has 11 nitrogen and oxygen atoms in total. The number of methoxy groups -OCH3 is 1. The van der Waals surface area contributed by atoms with Crippen LogP contribution in [0.15, 0.2) is 55.2 Å². The van der Waals surface area contributed by atoms with Crippen molar-refractivity contribution in [1.82, 2.24) is 29.5 Å². The number of aromatic nitrogens is 6. The minimum absolute atomic E-state index is 0.0895. The summed E-state index contributed by atoms with van der Waals surface area (Å²) >= 11 is 0. The van der Waals surface area contributed by atoms with E-state index in [1.54, 1.807) is 22.7 Å². The summed E-state index contributed by atoms with van der Waals surface area (Å²) in [6.07, 6.45) is 10.9. The summed E-state index contributed by atoms with van der Waals surface area (Å²) in [7, 11) is 5.34. The molecule has 3 aromatic heterocycles. The van der Waals surface area contributed by atoms with Gasteiger partial charge in [0.2, 0.25) is 0 Å². The Kier molecular flexibility index (Phi) is 7.99. The average molecular weight is 532 g/mol. The van der Waals surface area contributed by atoms with Gasteiger partial charge in [-0.3, -0.25) is 14.2 Å². The first-order valence-electron chi connectivity index (χ1n) is 12.9. The maximum absolute atomic E-state index is 11.8. The third-order valence-corrected chi connectivity index (χ3v) is 6.75. The number of benzene rings is 1. The van der Waals surface area contributed by atoms with Crippen LogP contribution in [-0.4, -0.2) is 67.7 Å². The summed E-state index contributed by atoms with van der Waals surface area (Å²) < 4.78 is 20.4. The molecule has 5 rings (SSSR count). The fourth-order valence-corrected chi connectivity index (χ4v) is 4.98. The van der Waals surface area contributed by atoms with Crippen molar-refractivity contribution < 1.29 is 19.0 Å². The molecule has 3 atom stereocenters. The average Bonchev–Trinajstić information content (AvgIpc) is 3.56. The van der Waals surface area contributed by atoms with Crippen molar-refractivity contribution in [2.45, 2.75) is 44.4 Å². The smallest absolute Gasteiger partial charge is 0.302 e. The van der Waals surface area contributed by atoms with E-state index in [1.165, 1.54) is 6.92 Å². The van der Waals surface area contributed by atoms with Gasteiger partial charge in [-0.25, -0.2) is 9.97 Å². The molecule has 3 heterocycles. The van der Waals surface area contributed by atoms with Crippen molar-refractivity contribution in [3.05, 3.63) is 55.2 Å². The zero-order valence-electron chi connectivity index (χ0n) is 22.6. The van der Waals surface area contributed by atoms with Gasteiger partial charge in [-0.05, 0) is 30.9 Å². The third kappa shape index (κ3) is 6.15. The van der Waals surface area contributed by atoms with Crippen LogP contribution in [0.1, 0.15) is 26.2 Å². The molecule has 0 unspecified atom stereocenters. The molecule has 0 radical (unpaired) electrons. The quantitative estimate of drug-likeness (QED) is 0.254. The molecule has 204 valence electrons. The third-order valence-electron chi connectivity index (χ3n) is 6.75. The van der Waals surface area contributed by atoms with Gasteiger partial charge in [0.1, 0.15) is 24.8 Å². The van der Waals surface area contributed by atoms with Crippen LogP contribution < -0.4 is 5.32 Å². The van der Waals surface area contributed by atoms with Crippen molar-refractivity contribution in [3.8, 4) is 33.6 Å². The number of anilines is 1. The number of aryl methyl sites for hydroxylation is 2. The van der Waals surface area contributed by atoms with E-state index in [2.05, 4.69) is 21.6 Å². The topological polar surface area (TPSA) is 118 Å². The predicted octanol–water partition coefficient (Wildman–Crippen LogP) is 3.83. The highest BCUT2D eigenvalue weighted by Crippen LogP contribution is 2.33. The minimum atomic E-state index is -0.406. The Morgan fingerprint density at radius 2 is 1.77 bits per heavy atom. The Balaban J connectivity index is 1.51. The lowest BCUT2D eigenvalue weighted by Gasteiger charge is -2.37. The lowest BCUT2D eigenvalue weighted by atomic mass is 9.89. The Bertz CT molecular complexity index is 1430. The van der Waals surface area contributed by atoms with Crippen LogP contribution in [0.25, 0.3) is 33.6 Å². The molecule has 0 bridgehead atoms. The molecule has 1 aliphatic rings. The highest BCUT2D eigenvalue weighted by atomic mass is 16.7. The maximum atomic E-state index is 11.8. The van der Waals surface area contributed by atoms with E-state index in [0.29, 0.717) is 11.6 Å². The molecular formula is C28H33N7O4. The molecule has 4 aromatic rings. The van der Waals surface area contributed by atoms with Crippen molar-refractivity contribution in [3.63, 3.8) is 0 Å². The summed E-state index contributed by atoms with van der Waals surface area (Å²) in [6.45, 7) is 1.51. The van der Waals surface area contributed by atoms with Crippen LogP contribution in [0.2, 0.25) is 0 Å². The fourth-order valence-electron chi connectivity index (χ4n) is 4.98. The molecule has 1 aromatic carbocycles. The fraction of sp³-hybridized carbons (Fsp3) is 0.393. The summed E-state index contributed by atoms with van der Waals surface area (Å²) in [5.74, 6) is 0.900. The van der Waals surface area contributed by atoms with E-state index in [1.807, 2.05) is 57.1 Å². The Morgan fingerprint density at radius 3 is 2.46 bits per heavy atom. The number of hydrogen-bond donors (Lipinski definition) is 1. The van der Waals surface area contributed by atoms with Gasteiger partial charge in [0.05, 0.1) is 18.4 Å². The first-order chi connectivity index (χ1) is 18.9. The molecule has 1 fully saturated rings. The number of esters is 1. The molecule has 0 amide bonds. The second-order valence-electron chi connectivity index (χ2n) is 9.71. The van der Waals surface area contributed by atoms with Gasteiger partial charge >= 0.3 is 5.97 Å². The van der Waals surface area contributed by atoms with Gasteiger partial charge in [0.25, 0.3) is 0 Å². The monoisotopic (exact) mass is 531 g/mol. The van der Waals surface area contributed by atoms with E-state index >= 15 is 0 Å². The molecule has 11 heteroatoms. The first kappa shape index (κ1) is 26.5. The van der Waals surface area contributed by atoms with Crippen LogP contribution in [0.4, 0.5) is 5.82 Å². The van der Waals surface area contributed by atoms with Crippen LogP contribution in [-0.2, 0) is 33.1 Å². The highest BCUT2D eigenvalue weighted by molar-refractivity contribution is 5.77. The largest absolute Gasteiger partial charge is 0.460 e. The van der Waals surface area contributed by atoms with Gasteiger partial charge in [-0.2, -0.15) is 10.2 Å². The molecular weight excluding hydrogens is 498 g/mol. The van der Waals surface area contributed by atoms with Crippen molar-refractivity contribution in [2.75, 3.05) is 19.2 Å². The molecule has 39 heavy (non-hydrogen) atoms. The Labute approximate surface area is 227 Å². The van der Waals surface area contributed by atoms with E-state index in [4.69, 9.17) is 24.2 Å². The highest BCUT2D eigenvalue weighted by Gasteiger charge is 2.37. The number of nitrogens with one attached hydrogen (secondary N) is 1. The second-order valence-corrected chi connectivity index (χ2v) is 9.71. The molecule has 1 aliphatic carbocycles. The van der Waals surface area contributed by atoms with Gasteiger partial charge in [0.15, 0.2) is 5.82 Å². The van der Waals surface area contributed by atoms with Crippen molar-refractivity contribution >= 4 is 11.8 Å². The number of nitrogens with zero attached hydrogens (tertiary/aromatic N) is 6. The number of rotatable bonds is 9. The number of hydrogen-bond acceptors (Lipinski definition) is 9. The number of carbonyl (C=O) groups excluding carboxylic acids is 1. The van der Waals surface area contributed by atoms with Crippen LogP contribution in [0, 0.1) is 0 Å². The molecule has 0 saturated heterocycles. The zero-order valence-corrected chi connectivity index (χ0v) is 22.6. The lowest BCUT2D eigenvalue weighted by Crippen LogP contribution is -2.49. The number of carbonyl (C=O) groups is 1. The van der Waals surface area contributed by atoms with E-state index in [0.717, 1.165) is 47.1 Å². The van der Waals surface area contributed by atoms with E-state index < -0.39 is 6.10 Å². The summed E-state index contributed by atoms with van der Waals surface area (Å²) in [5, 5.41) is 12.2. The second kappa shape index (κ2) is 11.7. The summed E-state index contributed by atoms with van der Waals surface area (Å²) in [6, 6.07) is 7.91. The molecule has 0 spiro atoms. The first-order valence-corrected chi connectivity index (χ1v) is 12.9. The van der Waals surface area contributed by atoms with Gasteiger partial charge in [-0.1, -0.05) is 18.2 Å². The van der Waals surface area contributed by atoms with Gasteiger partial charge in [0, 0.05) is 69.0 Å². The zero-order chi connectivity index (χ0) is 27.4. The Hall–Kier alpha value is -4.09. The minimum Gasteiger partial charge on any atom is -0.460 e. The summed E-state index contributed by atoms with van der Waals surface area (Å²) in [4.78, 5) is 21.5. The van der Waals surface area contributed by atoms with Crippen LogP contribution in [0.3, 0.4) is 0 Å². The standard InChI is InChI=1S/C28H33N7O4/c1-18(36)39-25-10-6-9-24(26(25)38-17-37-4)32-28-23(22-13-31-35(3)16-22)14-29-27(33-28)20-8-5-7-19(11-20)21-12-30-34(2)15-21/h5,7-8,11-16,24-26H,6,9-10,17H2,1-4H3,(H,29,32,33)/t24-,25-,26-/m0/s1. The predicted molar refractivity (Wildman–Crippen MR) is 145 cm³/mol. The Morgan fingerprint density at radius 1 is 1.03 bits per heavy atom. The van der Waals surface area contributed by atoms with Gasteiger partial charge in [-0.15, -0.1) is 0 Å². The molecule has 1 saturated carbocycles.